The van der Waals surface area contributed by atoms with E-state index in [1.54, 1.807) is 10.2 Å². The third-order valence-corrected chi connectivity index (χ3v) is 5.64. The number of carbonyl (C=O) groups is 1. The van der Waals surface area contributed by atoms with E-state index in [0.29, 0.717) is 32.7 Å². The largest absolute Gasteiger partial charge is 0.347 e. The molecule has 5 N–H and O–H groups in total. The van der Waals surface area contributed by atoms with Crippen molar-refractivity contribution in [3.05, 3.63) is 0 Å². The Morgan fingerprint density at radius 2 is 1.19 bits per heavy atom. The van der Waals surface area contributed by atoms with Crippen molar-refractivity contribution in [2.45, 2.75) is 123 Å². The summed E-state index contributed by atoms with van der Waals surface area (Å²) in [6.45, 7) is 6.85. The van der Waals surface area contributed by atoms with Gasteiger partial charge >= 0.3 is 6.03 Å². The van der Waals surface area contributed by atoms with E-state index >= 15 is 0 Å². The van der Waals surface area contributed by atoms with Gasteiger partial charge in [-0.1, -0.05) is 109 Å². The third-order valence-electron chi connectivity index (χ3n) is 5.64. The number of hydrogen-bond donors (Lipinski definition) is 3. The second-order valence-corrected chi connectivity index (χ2v) is 8.57. The Labute approximate surface area is 192 Å². The lowest BCUT2D eigenvalue weighted by atomic mass is 10.1. The number of nitrogens with two attached hydrogens (primary N) is 2. The molecule has 0 spiro atoms. The molecule has 0 radical (unpaired) electrons. The first-order valence-electron chi connectivity index (χ1n) is 13.1. The predicted octanol–water partition coefficient (Wildman–Crippen LogP) is 5.65. The summed E-state index contributed by atoms with van der Waals surface area (Å²) >= 11 is 0. The molecule has 0 heterocycles. The summed E-state index contributed by atoms with van der Waals surface area (Å²) in [5.41, 5.74) is 7.90. The van der Waals surface area contributed by atoms with E-state index in [-0.39, 0.29) is 6.03 Å². The zero-order valence-corrected chi connectivity index (χ0v) is 20.7. The van der Waals surface area contributed by atoms with Crippen LogP contribution < -0.4 is 17.0 Å². The summed E-state index contributed by atoms with van der Waals surface area (Å²) < 4.78 is 0. The summed E-state index contributed by atoms with van der Waals surface area (Å²) in [7, 11) is 0. The van der Waals surface area contributed by atoms with Crippen LogP contribution in [0.3, 0.4) is 0 Å². The SMILES string of the molecule is CCCCCCCCCCON(CCCCCCCCCC)N(CCCN)C(=O)NN. The minimum Gasteiger partial charge on any atom is -0.330 e. The number of hydroxylamine groups is 1. The maximum Gasteiger partial charge on any atom is 0.347 e. The van der Waals surface area contributed by atoms with Crippen molar-refractivity contribution in [3.63, 3.8) is 0 Å². The molecule has 0 aliphatic carbocycles. The molecule has 0 fully saturated rings. The first-order chi connectivity index (χ1) is 15.2. The van der Waals surface area contributed by atoms with E-state index in [2.05, 4.69) is 19.3 Å². The second kappa shape index (κ2) is 23.8. The van der Waals surface area contributed by atoms with E-state index in [4.69, 9.17) is 16.4 Å². The maximum atomic E-state index is 12.3. The summed E-state index contributed by atoms with van der Waals surface area (Å²) in [5.74, 6) is 5.41. The van der Waals surface area contributed by atoms with Gasteiger partial charge in [0.25, 0.3) is 0 Å². The number of urea groups is 1. The van der Waals surface area contributed by atoms with Gasteiger partial charge in [0.15, 0.2) is 0 Å². The number of nitrogens with one attached hydrogen (secondary N) is 1. The summed E-state index contributed by atoms with van der Waals surface area (Å²) in [6.07, 6.45) is 20.7. The molecule has 0 bridgehead atoms. The molecule has 0 aromatic heterocycles. The zero-order chi connectivity index (χ0) is 23.0. The normalized spacial score (nSPS) is 11.3. The number of hydrazine groups is 2. The van der Waals surface area contributed by atoms with E-state index < -0.39 is 0 Å². The standard InChI is InChI=1S/C24H53N5O2/c1-3-5-7-9-11-13-15-17-22-29(28(21-19-20-25)24(30)27-26)31-23-18-16-14-12-10-8-6-4-2/h3-23,25-26H2,1-2H3,(H,27,30). The molecule has 2 amide bonds. The molecule has 0 unspecified atom stereocenters. The number of carbonyl (C=O) groups excluding carboxylic acids is 1. The molecule has 0 rings (SSSR count). The Morgan fingerprint density at radius 3 is 1.68 bits per heavy atom. The van der Waals surface area contributed by atoms with Crippen molar-refractivity contribution < 1.29 is 9.63 Å². The Bertz CT molecular complexity index is 385. The molecular formula is C24H53N5O2. The van der Waals surface area contributed by atoms with Gasteiger partial charge < -0.3 is 5.73 Å². The van der Waals surface area contributed by atoms with E-state index in [1.165, 1.54) is 83.5 Å². The van der Waals surface area contributed by atoms with Crippen molar-refractivity contribution in [3.8, 4) is 0 Å². The van der Waals surface area contributed by atoms with Gasteiger partial charge in [-0.3, -0.25) is 10.3 Å². The van der Waals surface area contributed by atoms with E-state index in [9.17, 15) is 4.79 Å². The van der Waals surface area contributed by atoms with Crippen LogP contribution in [0.15, 0.2) is 0 Å². The highest BCUT2D eigenvalue weighted by Gasteiger charge is 2.21. The van der Waals surface area contributed by atoms with Gasteiger partial charge in [0.1, 0.15) is 0 Å². The van der Waals surface area contributed by atoms with Gasteiger partial charge in [0.05, 0.1) is 6.61 Å². The monoisotopic (exact) mass is 443 g/mol. The van der Waals surface area contributed by atoms with Crippen molar-refractivity contribution in [2.75, 3.05) is 26.2 Å². The van der Waals surface area contributed by atoms with Crippen molar-refractivity contribution in [2.24, 2.45) is 11.6 Å². The van der Waals surface area contributed by atoms with Crippen molar-refractivity contribution in [1.29, 1.82) is 0 Å². The molecule has 31 heavy (non-hydrogen) atoms. The van der Waals surface area contributed by atoms with Crippen LogP contribution in [-0.2, 0) is 4.84 Å². The lowest BCUT2D eigenvalue weighted by Gasteiger charge is -2.33. The van der Waals surface area contributed by atoms with E-state index in [0.717, 1.165) is 19.3 Å². The van der Waals surface area contributed by atoms with Gasteiger partial charge in [0.2, 0.25) is 0 Å². The smallest absolute Gasteiger partial charge is 0.330 e. The Morgan fingerprint density at radius 1 is 0.710 bits per heavy atom. The Hall–Kier alpha value is -0.890. The minimum atomic E-state index is -0.344. The molecule has 0 aromatic rings. The Kier molecular flexibility index (Phi) is 23.1. The zero-order valence-electron chi connectivity index (χ0n) is 20.7. The first-order valence-corrected chi connectivity index (χ1v) is 13.1. The fraction of sp³-hybridized carbons (Fsp3) is 0.958. The van der Waals surface area contributed by atoms with Crippen LogP contribution in [-0.4, -0.2) is 42.5 Å². The first kappa shape index (κ1) is 30.1. The maximum absolute atomic E-state index is 12.3. The van der Waals surface area contributed by atoms with Gasteiger partial charge in [0, 0.05) is 13.1 Å². The van der Waals surface area contributed by atoms with E-state index in [1.807, 2.05) is 0 Å². The molecule has 0 saturated heterocycles. The van der Waals surface area contributed by atoms with Gasteiger partial charge in [-0.2, -0.15) is 0 Å². The molecule has 0 aromatic carbocycles. The van der Waals surface area contributed by atoms with Gasteiger partial charge in [-0.25, -0.2) is 15.6 Å². The highest BCUT2D eigenvalue weighted by atomic mass is 16.7. The predicted molar refractivity (Wildman–Crippen MR) is 131 cm³/mol. The van der Waals surface area contributed by atoms with Crippen LogP contribution in [0.5, 0.6) is 0 Å². The highest BCUT2D eigenvalue weighted by Crippen LogP contribution is 2.12. The number of hydrogen-bond acceptors (Lipinski definition) is 5. The molecule has 186 valence electrons. The van der Waals surface area contributed by atoms with Crippen LogP contribution in [0.25, 0.3) is 0 Å². The molecule has 0 aliphatic heterocycles. The third kappa shape index (κ3) is 18.4. The van der Waals surface area contributed by atoms with Crippen LogP contribution in [0.2, 0.25) is 0 Å². The molecule has 7 nitrogen and oxygen atoms in total. The van der Waals surface area contributed by atoms with Crippen LogP contribution in [0, 0.1) is 0 Å². The average Bonchev–Trinajstić information content (AvgIpc) is 2.78. The second-order valence-electron chi connectivity index (χ2n) is 8.57. The minimum absolute atomic E-state index is 0.344. The molecule has 0 aliphatic rings. The van der Waals surface area contributed by atoms with Crippen LogP contribution in [0.4, 0.5) is 4.79 Å². The van der Waals surface area contributed by atoms with Crippen LogP contribution >= 0.6 is 0 Å². The molecule has 7 heteroatoms. The highest BCUT2D eigenvalue weighted by molar-refractivity contribution is 5.72. The topological polar surface area (TPSA) is 96.8 Å². The lowest BCUT2D eigenvalue weighted by molar-refractivity contribution is -0.264. The van der Waals surface area contributed by atoms with Crippen molar-refractivity contribution >= 4 is 6.03 Å². The van der Waals surface area contributed by atoms with Gasteiger partial charge in [-0.05, 0) is 25.8 Å². The summed E-state index contributed by atoms with van der Waals surface area (Å²) in [6, 6.07) is -0.344. The molecule has 0 saturated carbocycles. The number of rotatable bonds is 23. The average molecular weight is 444 g/mol. The number of nitrogens with zero attached hydrogens (tertiary/aromatic N) is 2. The number of amides is 2. The fourth-order valence-corrected chi connectivity index (χ4v) is 3.67. The van der Waals surface area contributed by atoms with Crippen molar-refractivity contribution in [1.82, 2.24) is 15.6 Å². The summed E-state index contributed by atoms with van der Waals surface area (Å²) in [4.78, 5) is 18.3. The molecular weight excluding hydrogens is 390 g/mol. The summed E-state index contributed by atoms with van der Waals surface area (Å²) in [5, 5.41) is 3.29. The number of unbranched alkanes of at least 4 members (excludes halogenated alkanes) is 14. The quantitative estimate of drug-likeness (QED) is 0.0820. The van der Waals surface area contributed by atoms with Crippen LogP contribution in [0.1, 0.15) is 123 Å². The lowest BCUT2D eigenvalue weighted by Crippen LogP contribution is -2.53. The molecule has 0 atom stereocenters. The fourth-order valence-electron chi connectivity index (χ4n) is 3.67. The Balaban J connectivity index is 4.30. The van der Waals surface area contributed by atoms with Gasteiger partial charge in [-0.15, -0.1) is 0 Å².